The van der Waals surface area contributed by atoms with Crippen LogP contribution >= 0.6 is 15.9 Å². The van der Waals surface area contributed by atoms with Gasteiger partial charge in [-0.3, -0.25) is 9.48 Å². The van der Waals surface area contributed by atoms with Crippen molar-refractivity contribution in [1.82, 2.24) is 14.8 Å². The van der Waals surface area contributed by atoms with Crippen molar-refractivity contribution in [3.05, 3.63) is 34.2 Å². The summed E-state index contributed by atoms with van der Waals surface area (Å²) >= 11 is 3.29. The molecule has 0 unspecified atom stereocenters. The number of nitrogens with zero attached hydrogens (tertiary/aromatic N) is 3. The Kier molecular flexibility index (Phi) is 3.33. The van der Waals surface area contributed by atoms with Crippen molar-refractivity contribution in [2.24, 2.45) is 7.05 Å². The number of hydrogen-bond donors (Lipinski definition) is 2. The average molecular weight is 310 g/mol. The zero-order chi connectivity index (χ0) is 13.3. The highest BCUT2D eigenvalue weighted by Gasteiger charge is 2.14. The van der Waals surface area contributed by atoms with Gasteiger partial charge in [-0.15, -0.1) is 0 Å². The van der Waals surface area contributed by atoms with Gasteiger partial charge in [0.15, 0.2) is 0 Å². The lowest BCUT2D eigenvalue weighted by Gasteiger charge is -2.06. The van der Waals surface area contributed by atoms with Crippen molar-refractivity contribution in [2.45, 2.75) is 6.92 Å². The summed E-state index contributed by atoms with van der Waals surface area (Å²) in [6.45, 7) is 1.83. The summed E-state index contributed by atoms with van der Waals surface area (Å²) < 4.78 is 2.28. The number of hydrogen-bond acceptors (Lipinski definition) is 4. The van der Waals surface area contributed by atoms with Gasteiger partial charge in [0.1, 0.15) is 5.82 Å². The third-order valence-electron chi connectivity index (χ3n) is 2.57. The molecule has 2 heterocycles. The molecule has 7 heteroatoms. The molecule has 3 N–H and O–H groups in total. The van der Waals surface area contributed by atoms with Crippen LogP contribution in [0.15, 0.2) is 22.9 Å². The van der Waals surface area contributed by atoms with E-state index >= 15 is 0 Å². The molecule has 0 fully saturated rings. The highest BCUT2D eigenvalue weighted by Crippen LogP contribution is 2.22. The third kappa shape index (κ3) is 2.35. The van der Waals surface area contributed by atoms with Gasteiger partial charge in [-0.05, 0) is 28.9 Å². The van der Waals surface area contributed by atoms with E-state index in [4.69, 9.17) is 5.73 Å². The first-order chi connectivity index (χ1) is 8.49. The van der Waals surface area contributed by atoms with E-state index in [1.54, 1.807) is 17.8 Å². The molecule has 0 aliphatic heterocycles. The van der Waals surface area contributed by atoms with Gasteiger partial charge < -0.3 is 11.1 Å². The highest BCUT2D eigenvalue weighted by atomic mass is 79.9. The second-order valence-electron chi connectivity index (χ2n) is 3.82. The maximum atomic E-state index is 12.0. The van der Waals surface area contributed by atoms with Crippen molar-refractivity contribution in [3.63, 3.8) is 0 Å². The molecule has 94 valence electrons. The van der Waals surface area contributed by atoms with Crippen molar-refractivity contribution in [3.8, 4) is 0 Å². The Bertz CT molecular complexity index is 607. The number of aryl methyl sites for hydroxylation is 1. The number of carbonyl (C=O) groups is 1. The van der Waals surface area contributed by atoms with Crippen molar-refractivity contribution >= 4 is 33.3 Å². The van der Waals surface area contributed by atoms with E-state index in [-0.39, 0.29) is 5.91 Å². The lowest BCUT2D eigenvalue weighted by Crippen LogP contribution is -2.14. The zero-order valence-corrected chi connectivity index (χ0v) is 11.5. The predicted octanol–water partition coefficient (Wildman–Crippen LogP) is 1.72. The normalized spacial score (nSPS) is 10.4. The molecule has 0 bridgehead atoms. The molecule has 2 rings (SSSR count). The molecule has 0 aliphatic rings. The molecule has 18 heavy (non-hydrogen) atoms. The van der Waals surface area contributed by atoms with Crippen LogP contribution < -0.4 is 11.1 Å². The van der Waals surface area contributed by atoms with Gasteiger partial charge in [0.2, 0.25) is 0 Å². The molecule has 0 radical (unpaired) electrons. The number of nitrogens with two attached hydrogens (primary N) is 1. The Morgan fingerprint density at radius 3 is 2.78 bits per heavy atom. The number of carbonyl (C=O) groups excluding carboxylic acids is 1. The molecule has 0 aliphatic carbocycles. The van der Waals surface area contributed by atoms with Crippen LogP contribution in [-0.4, -0.2) is 20.7 Å². The predicted molar refractivity (Wildman–Crippen MR) is 72.2 cm³/mol. The molecule has 0 aromatic carbocycles. The van der Waals surface area contributed by atoms with E-state index in [1.165, 1.54) is 12.4 Å². The number of amides is 1. The van der Waals surface area contributed by atoms with Crippen molar-refractivity contribution < 1.29 is 4.79 Å². The lowest BCUT2D eigenvalue weighted by atomic mass is 10.2. The Morgan fingerprint density at radius 1 is 1.50 bits per heavy atom. The Balaban J connectivity index is 2.24. The number of nitrogen functional groups attached to an aromatic ring is 1. The smallest absolute Gasteiger partial charge is 0.260 e. The molecule has 0 saturated heterocycles. The summed E-state index contributed by atoms with van der Waals surface area (Å²) in [6, 6.07) is 1.68. The number of anilines is 2. The number of rotatable bonds is 2. The maximum absolute atomic E-state index is 12.0. The number of pyridine rings is 1. The van der Waals surface area contributed by atoms with E-state index in [1.807, 2.05) is 6.92 Å². The molecule has 0 atom stereocenters. The van der Waals surface area contributed by atoms with Gasteiger partial charge in [-0.2, -0.15) is 5.10 Å². The standard InChI is InChI=1S/C11H12BrN5O/c1-6-8(5-15-17(6)2)11(18)16-10-9(12)3-7(13)4-14-10/h3-5H,13H2,1-2H3,(H,14,16,18). The van der Waals surface area contributed by atoms with Crippen LogP contribution in [-0.2, 0) is 7.05 Å². The first kappa shape index (κ1) is 12.6. The molecular weight excluding hydrogens is 298 g/mol. The fourth-order valence-electron chi connectivity index (χ4n) is 1.44. The number of aromatic nitrogens is 3. The molecule has 1 amide bonds. The second-order valence-corrected chi connectivity index (χ2v) is 4.67. The van der Waals surface area contributed by atoms with Crippen LogP contribution in [0.4, 0.5) is 11.5 Å². The summed E-state index contributed by atoms with van der Waals surface area (Å²) in [5.74, 6) is 0.177. The van der Waals surface area contributed by atoms with E-state index in [0.29, 0.717) is 21.5 Å². The monoisotopic (exact) mass is 309 g/mol. The van der Waals surface area contributed by atoms with Crippen molar-refractivity contribution in [2.75, 3.05) is 11.1 Å². The molecule has 2 aromatic heterocycles. The fraction of sp³-hybridized carbons (Fsp3) is 0.182. The maximum Gasteiger partial charge on any atom is 0.260 e. The zero-order valence-electron chi connectivity index (χ0n) is 9.94. The first-order valence-electron chi connectivity index (χ1n) is 5.20. The van der Waals surface area contributed by atoms with Gasteiger partial charge in [0, 0.05) is 12.7 Å². The minimum atomic E-state index is -0.251. The van der Waals surface area contributed by atoms with Gasteiger partial charge >= 0.3 is 0 Å². The molecular formula is C11H12BrN5O. The quantitative estimate of drug-likeness (QED) is 0.884. The summed E-state index contributed by atoms with van der Waals surface area (Å²) in [5, 5.41) is 6.72. The molecule has 0 spiro atoms. The van der Waals surface area contributed by atoms with Crippen molar-refractivity contribution in [1.29, 1.82) is 0 Å². The van der Waals surface area contributed by atoms with E-state index < -0.39 is 0 Å². The average Bonchev–Trinajstić information content (AvgIpc) is 2.64. The summed E-state index contributed by atoms with van der Waals surface area (Å²) in [4.78, 5) is 16.1. The minimum Gasteiger partial charge on any atom is -0.397 e. The van der Waals surface area contributed by atoms with E-state index in [0.717, 1.165) is 5.69 Å². The number of halogens is 1. The summed E-state index contributed by atoms with van der Waals surface area (Å²) in [5.41, 5.74) is 7.41. The largest absolute Gasteiger partial charge is 0.397 e. The van der Waals surface area contributed by atoms with Gasteiger partial charge in [0.05, 0.1) is 28.1 Å². The second kappa shape index (κ2) is 4.77. The Morgan fingerprint density at radius 2 is 2.22 bits per heavy atom. The molecule has 6 nitrogen and oxygen atoms in total. The van der Waals surface area contributed by atoms with Gasteiger partial charge in [0.25, 0.3) is 5.91 Å². The first-order valence-corrected chi connectivity index (χ1v) is 5.99. The van der Waals surface area contributed by atoms with Crippen LogP contribution in [0.5, 0.6) is 0 Å². The lowest BCUT2D eigenvalue weighted by molar-refractivity contribution is 0.102. The molecule has 2 aromatic rings. The summed E-state index contributed by atoms with van der Waals surface area (Å²) in [6.07, 6.45) is 3.01. The summed E-state index contributed by atoms with van der Waals surface area (Å²) in [7, 11) is 1.78. The van der Waals surface area contributed by atoms with E-state index in [9.17, 15) is 4.79 Å². The SMILES string of the molecule is Cc1c(C(=O)Nc2ncc(N)cc2Br)cnn1C. The third-order valence-corrected chi connectivity index (χ3v) is 3.18. The highest BCUT2D eigenvalue weighted by molar-refractivity contribution is 9.10. The van der Waals surface area contributed by atoms with Gasteiger partial charge in [-0.25, -0.2) is 4.98 Å². The number of nitrogens with one attached hydrogen (secondary N) is 1. The van der Waals surface area contributed by atoms with E-state index in [2.05, 4.69) is 31.3 Å². The van der Waals surface area contributed by atoms with Crippen LogP contribution in [0.2, 0.25) is 0 Å². The van der Waals surface area contributed by atoms with Crippen LogP contribution in [0.25, 0.3) is 0 Å². The topological polar surface area (TPSA) is 85.8 Å². The minimum absolute atomic E-state index is 0.251. The van der Waals surface area contributed by atoms with Crippen LogP contribution in [0, 0.1) is 6.92 Å². The van der Waals surface area contributed by atoms with Crippen LogP contribution in [0.3, 0.4) is 0 Å². The Hall–Kier alpha value is -1.89. The Labute approximate surface area is 112 Å². The van der Waals surface area contributed by atoms with Crippen LogP contribution in [0.1, 0.15) is 16.1 Å². The fourth-order valence-corrected chi connectivity index (χ4v) is 1.91. The van der Waals surface area contributed by atoms with Gasteiger partial charge in [-0.1, -0.05) is 0 Å². The molecule has 0 saturated carbocycles.